The minimum atomic E-state index is -1.08. The van der Waals surface area contributed by atoms with Crippen LogP contribution in [0.3, 0.4) is 0 Å². The van der Waals surface area contributed by atoms with Crippen LogP contribution in [0, 0.1) is 5.41 Å². The Hall–Kier alpha value is -1.10. The summed E-state index contributed by atoms with van der Waals surface area (Å²) in [4.78, 5) is 22.6. The summed E-state index contributed by atoms with van der Waals surface area (Å²) in [7, 11) is 0.278. The van der Waals surface area contributed by atoms with Crippen LogP contribution in [0.25, 0.3) is 0 Å². The smallest absolute Gasteiger partial charge is 0.332 e. The van der Waals surface area contributed by atoms with E-state index in [1.54, 1.807) is 20.8 Å². The number of rotatable bonds is 4. The van der Waals surface area contributed by atoms with Crippen molar-refractivity contribution in [3.8, 4) is 0 Å². The fourth-order valence-corrected chi connectivity index (χ4v) is 2.03. The Morgan fingerprint density at radius 2 is 1.87 bits per heavy atom. The van der Waals surface area contributed by atoms with E-state index in [4.69, 9.17) is 9.53 Å². The van der Waals surface area contributed by atoms with Crippen molar-refractivity contribution >= 4 is 22.4 Å². The molecule has 0 fully saturated rings. The summed E-state index contributed by atoms with van der Waals surface area (Å²) in [6.07, 6.45) is 0.611. The third-order valence-corrected chi connectivity index (χ3v) is 2.86. The number of carboxylic acids is 1. The molecule has 5 heteroatoms. The van der Waals surface area contributed by atoms with Crippen molar-refractivity contribution in [1.82, 2.24) is 0 Å². The second-order valence-corrected chi connectivity index (χ2v) is 4.34. The van der Waals surface area contributed by atoms with Crippen molar-refractivity contribution in [3.05, 3.63) is 11.1 Å². The van der Waals surface area contributed by atoms with Crippen LogP contribution in [0.5, 0.6) is 0 Å². The lowest BCUT2D eigenvalue weighted by molar-refractivity contribution is -0.145. The Balaban J connectivity index is 5.47. The highest BCUT2D eigenvalue weighted by atomic mass is 28.2. The number of carboxylic acid groups (broad SMARTS) is 1. The van der Waals surface area contributed by atoms with Crippen LogP contribution in [-0.4, -0.2) is 27.5 Å². The Kier molecular flexibility index (Phi) is 4.74. The molecule has 86 valence electrons. The number of hydrogen-bond acceptors (Lipinski definition) is 3. The molecule has 0 saturated heterocycles. The van der Waals surface area contributed by atoms with E-state index in [-0.39, 0.29) is 16.1 Å². The molecule has 0 aliphatic heterocycles. The first kappa shape index (κ1) is 13.9. The lowest BCUT2D eigenvalue weighted by atomic mass is 9.81. The Morgan fingerprint density at radius 1 is 1.40 bits per heavy atom. The lowest BCUT2D eigenvalue weighted by Crippen LogP contribution is -2.32. The largest absolute Gasteiger partial charge is 0.528 e. The maximum absolute atomic E-state index is 11.5. The summed E-state index contributed by atoms with van der Waals surface area (Å²) in [6, 6.07) is 0. The second-order valence-electron chi connectivity index (χ2n) is 3.93. The van der Waals surface area contributed by atoms with Gasteiger partial charge in [-0.25, -0.2) is 4.79 Å². The van der Waals surface area contributed by atoms with Gasteiger partial charge in [-0.05, 0) is 27.2 Å². The number of carbonyl (C=O) groups is 2. The van der Waals surface area contributed by atoms with Crippen molar-refractivity contribution in [2.45, 2.75) is 34.1 Å². The van der Waals surface area contributed by atoms with Gasteiger partial charge in [0.1, 0.15) is 0 Å². The number of allylic oxidation sites excluding steroid dienone is 1. The minimum Gasteiger partial charge on any atom is -0.528 e. The van der Waals surface area contributed by atoms with Crippen LogP contribution >= 0.6 is 0 Å². The molecule has 4 nitrogen and oxygen atoms in total. The molecule has 0 aromatic rings. The van der Waals surface area contributed by atoms with Crippen molar-refractivity contribution < 1.29 is 19.1 Å². The van der Waals surface area contributed by atoms with Gasteiger partial charge in [-0.2, -0.15) is 0 Å². The van der Waals surface area contributed by atoms with Gasteiger partial charge in [-0.3, -0.25) is 4.79 Å². The van der Waals surface area contributed by atoms with Crippen LogP contribution in [0.4, 0.5) is 0 Å². The lowest BCUT2D eigenvalue weighted by Gasteiger charge is -2.24. The fourth-order valence-electron chi connectivity index (χ4n) is 1.52. The van der Waals surface area contributed by atoms with E-state index < -0.39 is 17.4 Å². The van der Waals surface area contributed by atoms with E-state index >= 15 is 0 Å². The number of aliphatic carboxylic acids is 1. The van der Waals surface area contributed by atoms with Gasteiger partial charge >= 0.3 is 11.9 Å². The Labute approximate surface area is 92.9 Å². The first-order valence-corrected chi connectivity index (χ1v) is 5.62. The molecule has 0 aromatic heterocycles. The molecule has 0 unspecified atom stereocenters. The fraction of sp³-hybridized carbons (Fsp3) is 0.600. The van der Waals surface area contributed by atoms with E-state index in [0.29, 0.717) is 12.0 Å². The van der Waals surface area contributed by atoms with E-state index in [0.717, 1.165) is 0 Å². The summed E-state index contributed by atoms with van der Waals surface area (Å²) in [5.74, 6) is -1.52. The highest BCUT2D eigenvalue weighted by Crippen LogP contribution is 2.31. The van der Waals surface area contributed by atoms with E-state index in [1.807, 2.05) is 6.92 Å². The molecule has 0 heterocycles. The standard InChI is InChI=1S/C10H18O4Si/c1-5-6(2)7(8(11)12)10(3,4)9(13)14-15/h5H2,1-4,15H3,(H,11,12). The van der Waals surface area contributed by atoms with Crippen molar-refractivity contribution in [2.75, 3.05) is 0 Å². The van der Waals surface area contributed by atoms with Crippen LogP contribution < -0.4 is 0 Å². The van der Waals surface area contributed by atoms with Gasteiger partial charge in [0.2, 0.25) is 10.5 Å². The maximum atomic E-state index is 11.5. The molecular weight excluding hydrogens is 212 g/mol. The average molecular weight is 230 g/mol. The van der Waals surface area contributed by atoms with E-state index in [2.05, 4.69) is 0 Å². The van der Waals surface area contributed by atoms with Crippen LogP contribution in [0.2, 0.25) is 0 Å². The summed E-state index contributed by atoms with van der Waals surface area (Å²) in [6.45, 7) is 6.75. The van der Waals surface area contributed by atoms with Crippen LogP contribution in [0.1, 0.15) is 34.1 Å². The average Bonchev–Trinajstić information content (AvgIpc) is 2.15. The summed E-state index contributed by atoms with van der Waals surface area (Å²) < 4.78 is 4.74. The first-order chi connectivity index (χ1) is 6.78. The predicted molar refractivity (Wildman–Crippen MR) is 60.4 cm³/mol. The SMILES string of the molecule is CCC(C)=C(C(=O)O)C(C)(C)C(=O)O[SiH3]. The van der Waals surface area contributed by atoms with Gasteiger partial charge in [0, 0.05) is 0 Å². The third-order valence-electron chi connectivity index (χ3n) is 2.49. The highest BCUT2D eigenvalue weighted by Gasteiger charge is 2.37. The van der Waals surface area contributed by atoms with Crippen LogP contribution in [-0.2, 0) is 14.0 Å². The normalized spacial score (nSPS) is 13.3. The number of carbonyl (C=O) groups excluding carboxylic acids is 1. The van der Waals surface area contributed by atoms with Crippen molar-refractivity contribution in [3.63, 3.8) is 0 Å². The molecule has 0 bridgehead atoms. The van der Waals surface area contributed by atoms with Gasteiger partial charge in [0.25, 0.3) is 0 Å². The Bertz CT molecular complexity index is 305. The molecule has 0 rings (SSSR count). The van der Waals surface area contributed by atoms with E-state index in [9.17, 15) is 9.59 Å². The summed E-state index contributed by atoms with van der Waals surface area (Å²) >= 11 is 0. The molecule has 0 aliphatic carbocycles. The maximum Gasteiger partial charge on any atom is 0.332 e. The first-order valence-electron chi connectivity index (χ1n) is 4.80. The zero-order valence-corrected chi connectivity index (χ0v) is 11.9. The molecule has 0 spiro atoms. The van der Waals surface area contributed by atoms with Gasteiger partial charge in [-0.15, -0.1) is 0 Å². The molecule has 0 radical (unpaired) electrons. The predicted octanol–water partition coefficient (Wildman–Crippen LogP) is 0.647. The molecule has 15 heavy (non-hydrogen) atoms. The molecule has 0 aromatic carbocycles. The summed E-state index contributed by atoms with van der Waals surface area (Å²) in [5.41, 5.74) is -0.223. The van der Waals surface area contributed by atoms with Gasteiger partial charge in [0.05, 0.1) is 11.0 Å². The van der Waals surface area contributed by atoms with E-state index in [1.165, 1.54) is 0 Å². The molecular formula is C10H18O4Si. The zero-order valence-electron chi connectivity index (χ0n) is 9.88. The third kappa shape index (κ3) is 2.92. The van der Waals surface area contributed by atoms with Gasteiger partial charge in [-0.1, -0.05) is 12.5 Å². The molecule has 0 saturated carbocycles. The van der Waals surface area contributed by atoms with Crippen molar-refractivity contribution in [1.29, 1.82) is 0 Å². The van der Waals surface area contributed by atoms with Crippen molar-refractivity contribution in [2.24, 2.45) is 5.41 Å². The topological polar surface area (TPSA) is 63.6 Å². The molecule has 1 N–H and O–H groups in total. The van der Waals surface area contributed by atoms with Gasteiger partial charge < -0.3 is 9.53 Å². The van der Waals surface area contributed by atoms with Crippen LogP contribution in [0.15, 0.2) is 11.1 Å². The van der Waals surface area contributed by atoms with Gasteiger partial charge in [0.15, 0.2) is 0 Å². The minimum absolute atomic E-state index is 0.144. The molecule has 0 aliphatic rings. The molecule has 0 amide bonds. The summed E-state index contributed by atoms with van der Waals surface area (Å²) in [5, 5.41) is 9.10. The monoisotopic (exact) mass is 230 g/mol. The Morgan fingerprint density at radius 3 is 2.13 bits per heavy atom. The number of hydrogen-bond donors (Lipinski definition) is 1. The zero-order chi connectivity index (χ0) is 12.2. The quantitative estimate of drug-likeness (QED) is 0.569. The molecule has 0 atom stereocenters. The highest BCUT2D eigenvalue weighted by molar-refractivity contribution is 6.08. The second kappa shape index (κ2) is 5.11.